The lowest BCUT2D eigenvalue weighted by molar-refractivity contribution is 0.441. The largest absolute Gasteiger partial charge is 0.359 e. The maximum atomic E-state index is 11.9. The van der Waals surface area contributed by atoms with Crippen LogP contribution in [0.25, 0.3) is 11.0 Å². The van der Waals surface area contributed by atoms with Gasteiger partial charge in [0.2, 0.25) is 0 Å². The lowest BCUT2D eigenvalue weighted by Gasteiger charge is -2.22. The second-order valence-electron chi connectivity index (χ2n) is 6.27. The third-order valence-corrected chi connectivity index (χ3v) is 6.42. The van der Waals surface area contributed by atoms with E-state index in [4.69, 9.17) is 0 Å². The van der Waals surface area contributed by atoms with Gasteiger partial charge in [0.05, 0.1) is 16.4 Å². The molecule has 2 aliphatic rings. The van der Waals surface area contributed by atoms with Crippen LogP contribution in [-0.4, -0.2) is 55.9 Å². The summed E-state index contributed by atoms with van der Waals surface area (Å²) in [6.45, 7) is 4.99. The number of fused-ring (bicyclic) bond motifs is 2. The van der Waals surface area contributed by atoms with E-state index in [9.17, 15) is 4.21 Å². The zero-order chi connectivity index (χ0) is 15.3. The van der Waals surface area contributed by atoms with E-state index in [1.807, 2.05) is 19.2 Å². The first kappa shape index (κ1) is 14.1. The molecule has 118 valence electrons. The van der Waals surface area contributed by atoms with E-state index in [2.05, 4.69) is 31.2 Å². The van der Waals surface area contributed by atoms with E-state index in [1.54, 1.807) is 6.33 Å². The topological polar surface area (TPSA) is 65.1 Å². The Labute approximate surface area is 132 Å². The van der Waals surface area contributed by atoms with E-state index in [-0.39, 0.29) is 0 Å². The van der Waals surface area contributed by atoms with Crippen molar-refractivity contribution in [3.63, 3.8) is 0 Å². The number of nitrogens with one attached hydrogen (secondary N) is 1. The second-order valence-corrected chi connectivity index (χ2v) is 8.00. The number of hydrogen-bond donors (Lipinski definition) is 1. The van der Waals surface area contributed by atoms with Crippen LogP contribution in [-0.2, 0) is 11.0 Å². The van der Waals surface area contributed by atoms with Gasteiger partial charge >= 0.3 is 0 Å². The van der Waals surface area contributed by atoms with Crippen LogP contribution >= 0.6 is 0 Å². The molecule has 2 aromatic heterocycles. The minimum Gasteiger partial charge on any atom is -0.359 e. The Morgan fingerprint density at radius 3 is 2.91 bits per heavy atom. The Bertz CT molecular complexity index is 705. The molecule has 0 bridgehead atoms. The average Bonchev–Trinajstić information content (AvgIpc) is 2.94. The normalized spacial score (nSPS) is 28.7. The summed E-state index contributed by atoms with van der Waals surface area (Å²) in [6.07, 6.45) is 3.52. The van der Waals surface area contributed by atoms with E-state index in [1.165, 1.54) is 0 Å². The van der Waals surface area contributed by atoms with Crippen LogP contribution in [0.5, 0.6) is 0 Å². The molecule has 2 aromatic rings. The molecule has 0 radical (unpaired) electrons. The molecule has 22 heavy (non-hydrogen) atoms. The van der Waals surface area contributed by atoms with Gasteiger partial charge in [0, 0.05) is 38.6 Å². The fraction of sp³-hybridized carbons (Fsp3) is 0.600. The van der Waals surface area contributed by atoms with Crippen LogP contribution in [0.4, 0.5) is 5.82 Å². The monoisotopic (exact) mass is 319 g/mol. The molecule has 1 aliphatic heterocycles. The number of aromatic nitrogens is 3. The summed E-state index contributed by atoms with van der Waals surface area (Å²) in [5.74, 6) is 3.85. The van der Waals surface area contributed by atoms with Crippen molar-refractivity contribution in [1.29, 1.82) is 0 Å². The fourth-order valence-corrected chi connectivity index (χ4v) is 4.84. The van der Waals surface area contributed by atoms with Crippen molar-refractivity contribution in [1.82, 2.24) is 19.3 Å². The number of H-pyrrole nitrogens is 1. The van der Waals surface area contributed by atoms with Crippen LogP contribution in [0.3, 0.4) is 0 Å². The molecule has 0 aromatic carbocycles. The molecule has 0 spiro atoms. The van der Waals surface area contributed by atoms with Gasteiger partial charge in [0.15, 0.2) is 0 Å². The molecule has 0 amide bonds. The average molecular weight is 319 g/mol. The first-order chi connectivity index (χ1) is 10.7. The standard InChI is InChI=1S/C15H21N5OS/c1-3-22(21)20-7-12-11(13(12)8-20)6-19(2)15-10-4-5-16-14(10)17-9-18-15/h4-5,9,11-13H,3,6-8H2,1-2H3,(H,16,17,18). The van der Waals surface area contributed by atoms with Crippen molar-refractivity contribution in [2.45, 2.75) is 6.92 Å². The third-order valence-electron chi connectivity index (χ3n) is 5.05. The first-order valence-electron chi connectivity index (χ1n) is 7.81. The van der Waals surface area contributed by atoms with Gasteiger partial charge in [-0.05, 0) is 23.8 Å². The summed E-state index contributed by atoms with van der Waals surface area (Å²) < 4.78 is 14.0. The van der Waals surface area contributed by atoms with Gasteiger partial charge < -0.3 is 9.88 Å². The Kier molecular flexibility index (Phi) is 3.41. The van der Waals surface area contributed by atoms with Gasteiger partial charge in [0.25, 0.3) is 0 Å². The minimum atomic E-state index is -0.774. The number of piperidine rings is 1. The molecule has 4 rings (SSSR count). The highest BCUT2D eigenvalue weighted by atomic mass is 32.2. The number of nitrogens with zero attached hydrogens (tertiary/aromatic N) is 4. The van der Waals surface area contributed by atoms with E-state index in [0.717, 1.165) is 42.2 Å². The van der Waals surface area contributed by atoms with Crippen molar-refractivity contribution in [2.75, 3.05) is 37.3 Å². The summed E-state index contributed by atoms with van der Waals surface area (Å²) >= 11 is 0. The summed E-state index contributed by atoms with van der Waals surface area (Å²) in [6, 6.07) is 2.03. The molecule has 1 aliphatic carbocycles. The Morgan fingerprint density at radius 2 is 2.18 bits per heavy atom. The second kappa shape index (κ2) is 5.31. The molecule has 1 saturated carbocycles. The van der Waals surface area contributed by atoms with Gasteiger partial charge in [0.1, 0.15) is 17.8 Å². The van der Waals surface area contributed by atoms with Crippen molar-refractivity contribution in [3.8, 4) is 0 Å². The smallest absolute Gasteiger partial charge is 0.142 e. The molecule has 1 saturated heterocycles. The molecule has 1 N–H and O–H groups in total. The zero-order valence-corrected chi connectivity index (χ0v) is 13.7. The van der Waals surface area contributed by atoms with Gasteiger partial charge in [-0.1, -0.05) is 6.92 Å². The number of aromatic amines is 1. The Hall–Kier alpha value is -1.47. The van der Waals surface area contributed by atoms with Crippen LogP contribution in [0.15, 0.2) is 18.6 Å². The lowest BCUT2D eigenvalue weighted by Crippen LogP contribution is -2.31. The molecule has 3 unspecified atom stereocenters. The molecule has 2 fully saturated rings. The van der Waals surface area contributed by atoms with Crippen molar-refractivity contribution < 1.29 is 4.21 Å². The van der Waals surface area contributed by atoms with Gasteiger partial charge in [-0.15, -0.1) is 0 Å². The summed E-state index contributed by atoms with van der Waals surface area (Å²) in [5.41, 5.74) is 0.886. The van der Waals surface area contributed by atoms with Crippen LogP contribution in [0, 0.1) is 17.8 Å². The van der Waals surface area contributed by atoms with Crippen molar-refractivity contribution in [3.05, 3.63) is 18.6 Å². The van der Waals surface area contributed by atoms with Crippen LogP contribution in [0.2, 0.25) is 0 Å². The highest BCUT2D eigenvalue weighted by molar-refractivity contribution is 7.82. The van der Waals surface area contributed by atoms with Crippen molar-refractivity contribution >= 4 is 27.8 Å². The molecular formula is C15H21N5OS. The van der Waals surface area contributed by atoms with Crippen molar-refractivity contribution in [2.24, 2.45) is 17.8 Å². The maximum Gasteiger partial charge on any atom is 0.142 e. The van der Waals surface area contributed by atoms with Gasteiger partial charge in [-0.3, -0.25) is 0 Å². The fourth-order valence-electron chi connectivity index (χ4n) is 3.80. The Balaban J connectivity index is 1.42. The minimum absolute atomic E-state index is 0.707. The molecule has 7 heteroatoms. The molecule has 3 atom stereocenters. The molecule has 3 heterocycles. The van der Waals surface area contributed by atoms with Gasteiger partial charge in [-0.2, -0.15) is 0 Å². The first-order valence-corrected chi connectivity index (χ1v) is 9.09. The lowest BCUT2D eigenvalue weighted by atomic mass is 10.2. The summed E-state index contributed by atoms with van der Waals surface area (Å²) in [4.78, 5) is 14.1. The highest BCUT2D eigenvalue weighted by Gasteiger charge is 2.56. The van der Waals surface area contributed by atoms with E-state index < -0.39 is 11.0 Å². The molecule has 6 nitrogen and oxygen atoms in total. The SMILES string of the molecule is CCS(=O)N1CC2C(CN(C)c3ncnc4[nH]ccc34)C2C1. The van der Waals surface area contributed by atoms with Crippen LogP contribution < -0.4 is 4.90 Å². The predicted molar refractivity (Wildman–Crippen MR) is 87.9 cm³/mol. The Morgan fingerprint density at radius 1 is 1.41 bits per heavy atom. The maximum absolute atomic E-state index is 11.9. The predicted octanol–water partition coefficient (Wildman–Crippen LogP) is 1.26. The van der Waals surface area contributed by atoms with E-state index >= 15 is 0 Å². The van der Waals surface area contributed by atoms with Crippen LogP contribution in [0.1, 0.15) is 6.92 Å². The zero-order valence-electron chi connectivity index (χ0n) is 12.9. The van der Waals surface area contributed by atoms with E-state index in [0.29, 0.717) is 17.8 Å². The highest BCUT2D eigenvalue weighted by Crippen LogP contribution is 2.52. The van der Waals surface area contributed by atoms with Gasteiger partial charge in [-0.25, -0.2) is 18.5 Å². The number of hydrogen-bond acceptors (Lipinski definition) is 4. The number of rotatable bonds is 5. The quantitative estimate of drug-likeness (QED) is 0.901. The summed E-state index contributed by atoms with van der Waals surface area (Å²) in [7, 11) is 1.33. The third kappa shape index (κ3) is 2.23. The summed E-state index contributed by atoms with van der Waals surface area (Å²) in [5, 5.41) is 1.07. The molecular weight excluding hydrogens is 298 g/mol. The number of anilines is 1.